The summed E-state index contributed by atoms with van der Waals surface area (Å²) in [6, 6.07) is 2.15. The van der Waals surface area contributed by atoms with Crippen LogP contribution in [0.15, 0.2) is 28.4 Å². The molecule has 2 atom stereocenters. The molecule has 1 heterocycles. The van der Waals surface area contributed by atoms with Gasteiger partial charge in [0, 0.05) is 19.1 Å². The predicted octanol–water partition coefficient (Wildman–Crippen LogP) is 4.35. The molecule has 2 aliphatic rings. The lowest BCUT2D eigenvalue weighted by Gasteiger charge is -2.45. The molecule has 0 aromatic carbocycles. The van der Waals surface area contributed by atoms with Crippen molar-refractivity contribution in [2.45, 2.75) is 45.4 Å². The third-order valence-corrected chi connectivity index (χ3v) is 5.91. The number of carbonyl (C=O) groups excluding carboxylic acids is 1. The van der Waals surface area contributed by atoms with Gasteiger partial charge in [0.15, 0.2) is 5.12 Å². The summed E-state index contributed by atoms with van der Waals surface area (Å²) in [5.74, 6) is 3.29. The number of thioether (sulfide) groups is 1. The van der Waals surface area contributed by atoms with Crippen molar-refractivity contribution in [1.82, 2.24) is 0 Å². The molecule has 0 unspecified atom stereocenters. The molecule has 0 amide bonds. The fraction of sp³-hybridized carbons (Fsp3) is 0.588. The van der Waals surface area contributed by atoms with E-state index in [1.165, 1.54) is 29.3 Å². The van der Waals surface area contributed by atoms with Gasteiger partial charge in [-0.2, -0.15) is 0 Å². The highest BCUT2D eigenvalue weighted by Gasteiger charge is 2.44. The van der Waals surface area contributed by atoms with Crippen LogP contribution in [0, 0.1) is 11.8 Å². The molecule has 20 heavy (non-hydrogen) atoms. The highest BCUT2D eigenvalue weighted by atomic mass is 32.2. The lowest BCUT2D eigenvalue weighted by Crippen LogP contribution is -2.40. The Morgan fingerprint density at radius 1 is 1.50 bits per heavy atom. The molecule has 0 spiro atoms. The van der Waals surface area contributed by atoms with Gasteiger partial charge in [-0.15, -0.1) is 0 Å². The molecule has 0 fully saturated rings. The summed E-state index contributed by atoms with van der Waals surface area (Å²) in [5, 5.41) is 0.213. The fourth-order valence-corrected chi connectivity index (χ4v) is 4.58. The smallest absolute Gasteiger partial charge is 0.186 e. The first-order valence-electron chi connectivity index (χ1n) is 7.38. The van der Waals surface area contributed by atoms with Crippen molar-refractivity contribution in [2.75, 3.05) is 5.75 Å². The van der Waals surface area contributed by atoms with Crippen molar-refractivity contribution in [3.05, 3.63) is 35.3 Å². The maximum atomic E-state index is 11.1. The molecule has 108 valence electrons. The zero-order chi connectivity index (χ0) is 14.3. The van der Waals surface area contributed by atoms with Gasteiger partial charge in [0.25, 0.3) is 0 Å². The average Bonchev–Trinajstić information content (AvgIpc) is 2.85. The highest BCUT2D eigenvalue weighted by molar-refractivity contribution is 8.13. The first-order chi connectivity index (χ1) is 9.48. The first-order valence-corrected chi connectivity index (χ1v) is 8.37. The van der Waals surface area contributed by atoms with E-state index in [2.05, 4.69) is 26.0 Å². The van der Waals surface area contributed by atoms with Gasteiger partial charge in [0.2, 0.25) is 0 Å². The van der Waals surface area contributed by atoms with Crippen molar-refractivity contribution in [2.24, 2.45) is 11.8 Å². The zero-order valence-corrected chi connectivity index (χ0v) is 13.3. The summed E-state index contributed by atoms with van der Waals surface area (Å²) < 4.78 is 5.69. The third-order valence-electron chi connectivity index (χ3n) is 4.99. The van der Waals surface area contributed by atoms with Gasteiger partial charge >= 0.3 is 0 Å². The van der Waals surface area contributed by atoms with Crippen LogP contribution in [-0.2, 0) is 16.6 Å². The Kier molecular flexibility index (Phi) is 3.57. The van der Waals surface area contributed by atoms with Gasteiger partial charge in [0.1, 0.15) is 5.76 Å². The number of fused-ring (bicyclic) bond motifs is 2. The number of hydrogen-bond donors (Lipinski definition) is 0. The minimum absolute atomic E-state index is 0.195. The van der Waals surface area contributed by atoms with E-state index in [0.29, 0.717) is 11.8 Å². The lowest BCUT2D eigenvalue weighted by atomic mass is 9.59. The normalized spacial score (nSPS) is 27.4. The standard InChI is InChI=1S/C17H22O2S/c1-11(18)20-10-12-4-5-14-13(8-12)9-16-15(6-7-19-16)17(14,2)3/h6-8,13-14H,4-5,9-10H2,1-3H3/t13-,14+/m1/s1. The summed E-state index contributed by atoms with van der Waals surface area (Å²) in [6.07, 6.45) is 7.65. The minimum atomic E-state index is 0.195. The Labute approximate surface area is 125 Å². The second-order valence-corrected chi connectivity index (χ2v) is 7.75. The van der Waals surface area contributed by atoms with Crippen LogP contribution in [-0.4, -0.2) is 10.9 Å². The van der Waals surface area contributed by atoms with Crippen LogP contribution in [0.4, 0.5) is 0 Å². The molecular formula is C17H22O2S. The molecule has 0 bridgehead atoms. The molecule has 0 saturated carbocycles. The number of hydrogen-bond acceptors (Lipinski definition) is 3. The SMILES string of the molecule is CC(=O)SCC1=C[C@@H]2Cc3occc3C(C)(C)[C@H]2CC1. The van der Waals surface area contributed by atoms with Crippen LogP contribution in [0.25, 0.3) is 0 Å². The second-order valence-electron chi connectivity index (χ2n) is 6.60. The van der Waals surface area contributed by atoms with Gasteiger partial charge in [-0.05, 0) is 41.7 Å². The Bertz CT molecular complexity index is 553. The van der Waals surface area contributed by atoms with E-state index in [4.69, 9.17) is 4.42 Å². The van der Waals surface area contributed by atoms with Crippen molar-refractivity contribution in [3.8, 4) is 0 Å². The van der Waals surface area contributed by atoms with Crippen molar-refractivity contribution < 1.29 is 9.21 Å². The number of carbonyl (C=O) groups is 1. The second kappa shape index (κ2) is 5.10. The fourth-order valence-electron chi connectivity index (χ4n) is 3.96. The summed E-state index contributed by atoms with van der Waals surface area (Å²) >= 11 is 1.43. The molecule has 3 rings (SSSR count). The molecule has 2 nitrogen and oxygen atoms in total. The molecule has 0 aliphatic heterocycles. The molecule has 2 aliphatic carbocycles. The van der Waals surface area contributed by atoms with Crippen molar-refractivity contribution in [1.29, 1.82) is 0 Å². The average molecular weight is 290 g/mol. The third kappa shape index (κ3) is 2.37. The first kappa shape index (κ1) is 14.0. The maximum absolute atomic E-state index is 11.1. The van der Waals surface area contributed by atoms with Gasteiger partial charge in [-0.3, -0.25) is 4.79 Å². The molecule has 0 saturated heterocycles. The van der Waals surface area contributed by atoms with Crippen LogP contribution in [0.3, 0.4) is 0 Å². The van der Waals surface area contributed by atoms with E-state index < -0.39 is 0 Å². The summed E-state index contributed by atoms with van der Waals surface area (Å²) in [5.41, 5.74) is 3.03. The Morgan fingerprint density at radius 3 is 3.05 bits per heavy atom. The number of rotatable bonds is 2. The van der Waals surface area contributed by atoms with Crippen LogP contribution in [0.2, 0.25) is 0 Å². The monoisotopic (exact) mass is 290 g/mol. The largest absolute Gasteiger partial charge is 0.469 e. The van der Waals surface area contributed by atoms with Crippen molar-refractivity contribution >= 4 is 16.9 Å². The summed E-state index contributed by atoms with van der Waals surface area (Å²) in [4.78, 5) is 11.1. The molecule has 1 aromatic rings. The lowest BCUT2D eigenvalue weighted by molar-refractivity contribution is -0.109. The van der Waals surface area contributed by atoms with Crippen LogP contribution >= 0.6 is 11.8 Å². The van der Waals surface area contributed by atoms with Gasteiger partial charge < -0.3 is 4.42 Å². The van der Waals surface area contributed by atoms with E-state index >= 15 is 0 Å². The van der Waals surface area contributed by atoms with Gasteiger partial charge in [-0.25, -0.2) is 0 Å². The van der Waals surface area contributed by atoms with Crippen LogP contribution < -0.4 is 0 Å². The van der Waals surface area contributed by atoms with E-state index in [1.54, 1.807) is 6.92 Å². The van der Waals surface area contributed by atoms with Gasteiger partial charge in [0.05, 0.1) is 6.26 Å². The van der Waals surface area contributed by atoms with Crippen LogP contribution in [0.1, 0.15) is 44.9 Å². The van der Waals surface area contributed by atoms with E-state index in [1.807, 2.05) is 6.26 Å². The maximum Gasteiger partial charge on any atom is 0.186 e. The zero-order valence-electron chi connectivity index (χ0n) is 12.4. The van der Waals surface area contributed by atoms with Crippen molar-refractivity contribution in [3.63, 3.8) is 0 Å². The molecule has 0 radical (unpaired) electrons. The highest BCUT2D eigenvalue weighted by Crippen LogP contribution is 2.49. The van der Waals surface area contributed by atoms with Gasteiger partial charge in [-0.1, -0.05) is 37.3 Å². The molecule has 3 heteroatoms. The minimum Gasteiger partial charge on any atom is -0.469 e. The molecule has 1 aromatic heterocycles. The number of furan rings is 1. The van der Waals surface area contributed by atoms with E-state index in [-0.39, 0.29) is 10.5 Å². The Hall–Kier alpha value is -0.960. The molecular weight excluding hydrogens is 268 g/mol. The predicted molar refractivity (Wildman–Crippen MR) is 82.9 cm³/mol. The molecule has 0 N–H and O–H groups in total. The summed E-state index contributed by atoms with van der Waals surface area (Å²) in [6.45, 7) is 6.35. The number of allylic oxidation sites excluding steroid dienone is 1. The summed E-state index contributed by atoms with van der Waals surface area (Å²) in [7, 11) is 0. The van der Waals surface area contributed by atoms with Crippen LogP contribution in [0.5, 0.6) is 0 Å². The Morgan fingerprint density at radius 2 is 2.30 bits per heavy atom. The Balaban J connectivity index is 1.84. The quantitative estimate of drug-likeness (QED) is 0.759. The topological polar surface area (TPSA) is 30.2 Å². The van der Waals surface area contributed by atoms with E-state index in [9.17, 15) is 4.79 Å². The van der Waals surface area contributed by atoms with E-state index in [0.717, 1.165) is 24.4 Å².